The third-order valence-electron chi connectivity index (χ3n) is 4.92. The van der Waals surface area contributed by atoms with Crippen LogP contribution in [-0.4, -0.2) is 22.4 Å². The number of hydrogen-bond donors (Lipinski definition) is 1. The van der Waals surface area contributed by atoms with Gasteiger partial charge in [0.15, 0.2) is 0 Å². The van der Waals surface area contributed by atoms with Crippen LogP contribution in [0.5, 0.6) is 0 Å². The first-order valence-electron chi connectivity index (χ1n) is 7.76. The van der Waals surface area contributed by atoms with Crippen molar-refractivity contribution in [1.82, 2.24) is 4.98 Å². The summed E-state index contributed by atoms with van der Waals surface area (Å²) in [5.41, 5.74) is 4.57. The first-order chi connectivity index (χ1) is 11.1. The smallest absolute Gasteiger partial charge is 0.132 e. The van der Waals surface area contributed by atoms with Crippen LogP contribution in [0.2, 0.25) is 5.02 Å². The lowest BCUT2D eigenvalue weighted by atomic mass is 9.64. The number of oxime groups is 1. The van der Waals surface area contributed by atoms with Gasteiger partial charge in [0.2, 0.25) is 0 Å². The van der Waals surface area contributed by atoms with E-state index in [4.69, 9.17) is 16.8 Å². The third-order valence-corrected chi connectivity index (χ3v) is 5.12. The Bertz CT molecular complexity index is 777. The summed E-state index contributed by atoms with van der Waals surface area (Å²) >= 11 is 6.17. The summed E-state index contributed by atoms with van der Waals surface area (Å²) in [5, 5.41) is 13.0. The largest absolute Gasteiger partial charge is 0.411 e. The Balaban J connectivity index is 1.67. The zero-order valence-electron chi connectivity index (χ0n) is 13.0. The minimum atomic E-state index is -0.000502. The second-order valence-electron chi connectivity index (χ2n) is 6.67. The van der Waals surface area contributed by atoms with Crippen LogP contribution < -0.4 is 4.90 Å². The first kappa shape index (κ1) is 14.5. The molecule has 1 spiro atoms. The highest BCUT2D eigenvalue weighted by Crippen LogP contribution is 2.51. The van der Waals surface area contributed by atoms with Crippen LogP contribution >= 0.6 is 11.6 Å². The molecular formula is C18H18ClN3O. The first-order valence-corrected chi connectivity index (χ1v) is 8.14. The van der Waals surface area contributed by atoms with Gasteiger partial charge in [0.1, 0.15) is 5.82 Å². The lowest BCUT2D eigenvalue weighted by molar-refractivity contribution is 0.299. The fourth-order valence-corrected chi connectivity index (χ4v) is 3.90. The molecule has 0 unspecified atom stereocenters. The summed E-state index contributed by atoms with van der Waals surface area (Å²) in [4.78, 5) is 6.88. The molecule has 2 heterocycles. The highest BCUT2D eigenvalue weighted by Gasteiger charge is 2.51. The maximum Gasteiger partial charge on any atom is 0.132 e. The molecule has 2 aliphatic rings. The highest BCUT2D eigenvalue weighted by molar-refractivity contribution is 6.30. The minimum absolute atomic E-state index is 0.000502. The predicted octanol–water partition coefficient (Wildman–Crippen LogP) is 3.93. The highest BCUT2D eigenvalue weighted by atomic mass is 35.5. The van der Waals surface area contributed by atoms with Gasteiger partial charge < -0.3 is 10.1 Å². The molecule has 1 N–H and O–H groups in total. The molecule has 0 atom stereocenters. The van der Waals surface area contributed by atoms with Gasteiger partial charge in [-0.15, -0.1) is 0 Å². The molecule has 4 rings (SSSR count). The summed E-state index contributed by atoms with van der Waals surface area (Å²) in [5.74, 6) is 1.01. The van der Waals surface area contributed by atoms with Crippen LogP contribution in [0.4, 0.5) is 5.82 Å². The van der Waals surface area contributed by atoms with Gasteiger partial charge in [-0.05, 0) is 18.6 Å². The molecule has 0 radical (unpaired) electrons. The van der Waals surface area contributed by atoms with Crippen molar-refractivity contribution in [2.45, 2.75) is 31.7 Å². The monoisotopic (exact) mass is 327 g/mol. The third kappa shape index (κ3) is 2.38. The maximum atomic E-state index is 8.99. The number of benzene rings is 1. The van der Waals surface area contributed by atoms with E-state index >= 15 is 0 Å². The van der Waals surface area contributed by atoms with Gasteiger partial charge in [-0.1, -0.05) is 46.6 Å². The van der Waals surface area contributed by atoms with E-state index in [2.05, 4.69) is 46.2 Å². The minimum Gasteiger partial charge on any atom is -0.411 e. The van der Waals surface area contributed by atoms with Gasteiger partial charge in [0.25, 0.3) is 0 Å². The Labute approximate surface area is 140 Å². The number of nitrogens with zero attached hydrogens (tertiary/aromatic N) is 3. The van der Waals surface area contributed by atoms with Crippen molar-refractivity contribution in [2.24, 2.45) is 5.16 Å². The number of aromatic nitrogens is 1. The van der Waals surface area contributed by atoms with Crippen molar-refractivity contribution < 1.29 is 5.21 Å². The van der Waals surface area contributed by atoms with Gasteiger partial charge in [0, 0.05) is 43.1 Å². The fourth-order valence-electron chi connectivity index (χ4n) is 3.75. The molecule has 5 heteroatoms. The standard InChI is InChI=1S/C18H18ClN3O/c1-12-2-4-13(5-3-12)10-22-11-18(7-15(8-18)21-23)16-6-14(19)9-20-17(16)22/h2-6,9,23H,7-8,10-11H2,1H3. The number of anilines is 1. The molecule has 1 aliphatic carbocycles. The molecule has 4 nitrogen and oxygen atoms in total. The quantitative estimate of drug-likeness (QED) is 0.671. The molecule has 118 valence electrons. The van der Waals surface area contributed by atoms with Crippen LogP contribution in [0, 0.1) is 6.92 Å². The Morgan fingerprint density at radius 3 is 2.74 bits per heavy atom. The summed E-state index contributed by atoms with van der Waals surface area (Å²) < 4.78 is 0. The molecule has 1 aliphatic heterocycles. The summed E-state index contributed by atoms with van der Waals surface area (Å²) in [6.07, 6.45) is 3.27. The Kier molecular flexibility index (Phi) is 3.31. The van der Waals surface area contributed by atoms with E-state index in [1.807, 2.05) is 6.07 Å². The molecule has 1 fully saturated rings. The maximum absolute atomic E-state index is 8.99. The average molecular weight is 328 g/mol. The lowest BCUT2D eigenvalue weighted by Crippen LogP contribution is -2.45. The molecular weight excluding hydrogens is 310 g/mol. The van der Waals surface area contributed by atoms with Crippen molar-refractivity contribution in [3.8, 4) is 0 Å². The summed E-state index contributed by atoms with van der Waals surface area (Å²) in [6, 6.07) is 10.6. The number of fused-ring (bicyclic) bond motifs is 2. The molecule has 0 amide bonds. The second-order valence-corrected chi connectivity index (χ2v) is 7.10. The number of aryl methyl sites for hydroxylation is 1. The van der Waals surface area contributed by atoms with E-state index in [1.54, 1.807) is 6.20 Å². The lowest BCUT2D eigenvalue weighted by Gasteiger charge is -2.39. The van der Waals surface area contributed by atoms with Crippen molar-refractivity contribution in [3.05, 3.63) is 58.2 Å². The molecule has 1 saturated carbocycles. The normalized spacial score (nSPS) is 22.2. The van der Waals surface area contributed by atoms with Crippen LogP contribution in [-0.2, 0) is 12.0 Å². The Morgan fingerprint density at radius 2 is 2.04 bits per heavy atom. The van der Waals surface area contributed by atoms with E-state index in [1.165, 1.54) is 16.7 Å². The number of pyridine rings is 1. The van der Waals surface area contributed by atoms with Gasteiger partial charge in [-0.25, -0.2) is 4.98 Å². The Morgan fingerprint density at radius 1 is 1.30 bits per heavy atom. The van der Waals surface area contributed by atoms with Crippen LogP contribution in [0.15, 0.2) is 41.7 Å². The fraction of sp³-hybridized carbons (Fsp3) is 0.333. The van der Waals surface area contributed by atoms with E-state index in [-0.39, 0.29) is 5.41 Å². The molecule has 23 heavy (non-hydrogen) atoms. The van der Waals surface area contributed by atoms with E-state index < -0.39 is 0 Å². The zero-order valence-corrected chi connectivity index (χ0v) is 13.7. The number of halogens is 1. The molecule has 1 aromatic carbocycles. The van der Waals surface area contributed by atoms with Gasteiger partial charge in [-0.3, -0.25) is 0 Å². The predicted molar refractivity (Wildman–Crippen MR) is 91.6 cm³/mol. The van der Waals surface area contributed by atoms with Crippen molar-refractivity contribution in [1.29, 1.82) is 0 Å². The topological polar surface area (TPSA) is 48.7 Å². The zero-order chi connectivity index (χ0) is 16.0. The van der Waals surface area contributed by atoms with Gasteiger partial charge in [0.05, 0.1) is 10.7 Å². The van der Waals surface area contributed by atoms with Crippen LogP contribution in [0.25, 0.3) is 0 Å². The second kappa shape index (κ2) is 5.24. The van der Waals surface area contributed by atoms with E-state index in [0.29, 0.717) is 5.02 Å². The average Bonchev–Trinajstić information content (AvgIpc) is 2.82. The van der Waals surface area contributed by atoms with Crippen LogP contribution in [0.1, 0.15) is 29.5 Å². The van der Waals surface area contributed by atoms with Gasteiger partial charge >= 0.3 is 0 Å². The molecule has 2 aromatic rings. The van der Waals surface area contributed by atoms with Crippen molar-refractivity contribution in [2.75, 3.05) is 11.4 Å². The van der Waals surface area contributed by atoms with E-state index in [9.17, 15) is 0 Å². The molecule has 0 bridgehead atoms. The van der Waals surface area contributed by atoms with E-state index in [0.717, 1.165) is 37.5 Å². The number of hydrogen-bond acceptors (Lipinski definition) is 4. The molecule has 1 aromatic heterocycles. The number of rotatable bonds is 2. The van der Waals surface area contributed by atoms with Gasteiger partial charge in [-0.2, -0.15) is 0 Å². The summed E-state index contributed by atoms with van der Waals surface area (Å²) in [7, 11) is 0. The molecule has 0 saturated heterocycles. The van der Waals surface area contributed by atoms with Crippen LogP contribution in [0.3, 0.4) is 0 Å². The SMILES string of the molecule is Cc1ccc(CN2CC3(CC(=NO)C3)c3cc(Cl)cnc32)cc1. The van der Waals surface area contributed by atoms with Crippen molar-refractivity contribution in [3.63, 3.8) is 0 Å². The Hall–Kier alpha value is -2.07. The summed E-state index contributed by atoms with van der Waals surface area (Å²) in [6.45, 7) is 3.81. The van der Waals surface area contributed by atoms with Crippen molar-refractivity contribution >= 4 is 23.1 Å².